The zero-order chi connectivity index (χ0) is 26.0. The molecule has 7 nitrogen and oxygen atoms in total. The van der Waals surface area contributed by atoms with Crippen LogP contribution in [0.3, 0.4) is 0 Å². The van der Waals surface area contributed by atoms with Gasteiger partial charge in [0.1, 0.15) is 0 Å². The predicted octanol–water partition coefficient (Wildman–Crippen LogP) is 5.13. The fraction of sp³-hybridized carbons (Fsp3) is 0.321. The molecule has 3 N–H and O–H groups in total. The standard InChI is InChI=1S/C28H29N3O4S/c1-15-10-16(2)27(17(3)11-15)31-24(34)14-36-28-19(13-29)25(18-8-9-21(32)23(12-18)35-4)26-20(30-28)6-5-7-22(26)33/h8-12,25,30,32H,5-7,14H2,1-4H3,(H,31,34)/t25-/m0/s1. The van der Waals surface area contributed by atoms with Gasteiger partial charge in [0.25, 0.3) is 0 Å². The van der Waals surface area contributed by atoms with E-state index in [4.69, 9.17) is 4.74 Å². The van der Waals surface area contributed by atoms with Crippen molar-refractivity contribution in [2.24, 2.45) is 0 Å². The molecule has 1 aliphatic carbocycles. The molecule has 8 heteroatoms. The zero-order valence-electron chi connectivity index (χ0n) is 20.8. The molecule has 4 rings (SSSR count). The first-order chi connectivity index (χ1) is 17.2. The second-order valence-electron chi connectivity index (χ2n) is 9.12. The molecule has 0 radical (unpaired) electrons. The molecule has 0 spiro atoms. The smallest absolute Gasteiger partial charge is 0.234 e. The highest BCUT2D eigenvalue weighted by Gasteiger charge is 2.37. The maximum Gasteiger partial charge on any atom is 0.234 e. The van der Waals surface area contributed by atoms with E-state index in [1.165, 1.54) is 24.9 Å². The number of anilines is 1. The Hall–Kier alpha value is -3.70. The van der Waals surface area contributed by atoms with Crippen molar-refractivity contribution in [3.63, 3.8) is 0 Å². The van der Waals surface area contributed by atoms with Crippen molar-refractivity contribution in [3.05, 3.63) is 74.5 Å². The summed E-state index contributed by atoms with van der Waals surface area (Å²) in [5, 5.41) is 27.1. The number of thioether (sulfide) groups is 1. The summed E-state index contributed by atoms with van der Waals surface area (Å²) in [5.74, 6) is -0.422. The van der Waals surface area contributed by atoms with Crippen LogP contribution in [0.5, 0.6) is 11.5 Å². The van der Waals surface area contributed by atoms with Crippen LogP contribution in [0.2, 0.25) is 0 Å². The van der Waals surface area contributed by atoms with Crippen molar-refractivity contribution in [2.75, 3.05) is 18.2 Å². The van der Waals surface area contributed by atoms with Gasteiger partial charge in [-0.3, -0.25) is 9.59 Å². The lowest BCUT2D eigenvalue weighted by molar-refractivity contribution is -0.116. The van der Waals surface area contributed by atoms with Gasteiger partial charge in [-0.05, 0) is 62.4 Å². The number of dihydropyridines is 1. The summed E-state index contributed by atoms with van der Waals surface area (Å²) >= 11 is 1.25. The number of hydrogen-bond acceptors (Lipinski definition) is 7. The number of methoxy groups -OCH3 is 1. The van der Waals surface area contributed by atoms with E-state index in [0.29, 0.717) is 34.6 Å². The number of phenolic OH excluding ortho intramolecular Hbond substituents is 1. The van der Waals surface area contributed by atoms with E-state index < -0.39 is 5.92 Å². The molecule has 36 heavy (non-hydrogen) atoms. The molecular weight excluding hydrogens is 474 g/mol. The third kappa shape index (κ3) is 4.98. The van der Waals surface area contributed by atoms with Crippen LogP contribution >= 0.6 is 11.8 Å². The Labute approximate surface area is 215 Å². The summed E-state index contributed by atoms with van der Waals surface area (Å²) in [6, 6.07) is 11.2. The third-order valence-corrected chi connectivity index (χ3v) is 7.51. The monoisotopic (exact) mass is 503 g/mol. The highest BCUT2D eigenvalue weighted by Crippen LogP contribution is 2.45. The number of ketones is 1. The number of aryl methyl sites for hydroxylation is 3. The number of aromatic hydroxyl groups is 1. The number of carbonyl (C=O) groups is 2. The summed E-state index contributed by atoms with van der Waals surface area (Å²) < 4.78 is 5.27. The van der Waals surface area contributed by atoms with Gasteiger partial charge in [-0.25, -0.2) is 0 Å². The maximum atomic E-state index is 13.0. The molecule has 0 fully saturated rings. The molecule has 2 aromatic rings. The minimum atomic E-state index is -0.597. The van der Waals surface area contributed by atoms with Crippen LogP contribution in [-0.4, -0.2) is 29.7 Å². The minimum Gasteiger partial charge on any atom is -0.504 e. The number of phenols is 1. The molecule has 0 saturated heterocycles. The third-order valence-electron chi connectivity index (χ3n) is 6.49. The van der Waals surface area contributed by atoms with Gasteiger partial charge in [-0.1, -0.05) is 35.5 Å². The van der Waals surface area contributed by atoms with Crippen LogP contribution in [0, 0.1) is 32.1 Å². The molecule has 0 bridgehead atoms. The van der Waals surface area contributed by atoms with E-state index in [1.807, 2.05) is 32.9 Å². The van der Waals surface area contributed by atoms with Gasteiger partial charge in [-0.2, -0.15) is 5.26 Å². The number of ether oxygens (including phenoxy) is 1. The molecule has 2 aromatic carbocycles. The molecule has 0 saturated carbocycles. The maximum absolute atomic E-state index is 13.0. The average molecular weight is 504 g/mol. The number of nitrogens with one attached hydrogen (secondary N) is 2. The molecule has 0 aromatic heterocycles. The zero-order valence-corrected chi connectivity index (χ0v) is 21.6. The number of allylic oxidation sites excluding steroid dienone is 3. The fourth-order valence-corrected chi connectivity index (χ4v) is 5.80. The van der Waals surface area contributed by atoms with Gasteiger partial charge >= 0.3 is 0 Å². The fourth-order valence-electron chi connectivity index (χ4n) is 4.93. The summed E-state index contributed by atoms with van der Waals surface area (Å²) in [5.41, 5.74) is 6.34. The molecule has 1 aliphatic heterocycles. The van der Waals surface area contributed by atoms with Gasteiger partial charge in [0.2, 0.25) is 5.91 Å². The van der Waals surface area contributed by atoms with Crippen molar-refractivity contribution in [2.45, 2.75) is 46.0 Å². The number of hydrogen-bond donors (Lipinski definition) is 3. The Balaban J connectivity index is 1.65. The van der Waals surface area contributed by atoms with Gasteiger partial charge in [-0.15, -0.1) is 0 Å². The van der Waals surface area contributed by atoms with Crippen molar-refractivity contribution in [1.29, 1.82) is 5.26 Å². The minimum absolute atomic E-state index is 0.000608. The van der Waals surface area contributed by atoms with E-state index in [0.717, 1.165) is 34.5 Å². The lowest BCUT2D eigenvalue weighted by Gasteiger charge is -2.33. The Kier molecular flexibility index (Phi) is 7.41. The van der Waals surface area contributed by atoms with Crippen LogP contribution < -0.4 is 15.4 Å². The van der Waals surface area contributed by atoms with Gasteiger partial charge < -0.3 is 20.5 Å². The van der Waals surface area contributed by atoms with E-state index in [2.05, 4.69) is 16.7 Å². The molecule has 186 valence electrons. The first-order valence-electron chi connectivity index (χ1n) is 11.8. The second kappa shape index (κ2) is 10.5. The molecule has 1 atom stereocenters. The molecule has 0 unspecified atom stereocenters. The topological polar surface area (TPSA) is 111 Å². The second-order valence-corrected chi connectivity index (χ2v) is 10.1. The highest BCUT2D eigenvalue weighted by molar-refractivity contribution is 8.03. The number of Topliss-reactive ketones (excluding diaryl/α,β-unsaturated/α-hetero) is 1. The van der Waals surface area contributed by atoms with Gasteiger partial charge in [0.05, 0.1) is 35.5 Å². The lowest BCUT2D eigenvalue weighted by Crippen LogP contribution is -2.31. The summed E-state index contributed by atoms with van der Waals surface area (Å²) in [6.07, 6.45) is 1.83. The van der Waals surface area contributed by atoms with Gasteiger partial charge in [0, 0.05) is 23.4 Å². The Morgan fingerprint density at radius 2 is 1.94 bits per heavy atom. The highest BCUT2D eigenvalue weighted by atomic mass is 32.2. The van der Waals surface area contributed by atoms with Crippen LogP contribution in [-0.2, 0) is 9.59 Å². The summed E-state index contributed by atoms with van der Waals surface area (Å²) in [7, 11) is 1.45. The quantitative estimate of drug-likeness (QED) is 0.501. The van der Waals surface area contributed by atoms with E-state index >= 15 is 0 Å². The van der Waals surface area contributed by atoms with Crippen molar-refractivity contribution < 1.29 is 19.4 Å². The average Bonchev–Trinajstić information content (AvgIpc) is 2.84. The number of nitriles is 1. The molecule has 2 aliphatic rings. The molecule has 1 heterocycles. The number of benzene rings is 2. The first kappa shape index (κ1) is 25.4. The lowest BCUT2D eigenvalue weighted by atomic mass is 9.77. The Morgan fingerprint density at radius 3 is 2.61 bits per heavy atom. The van der Waals surface area contributed by atoms with Crippen LogP contribution in [0.15, 0.2) is 52.2 Å². The van der Waals surface area contributed by atoms with Crippen molar-refractivity contribution in [1.82, 2.24) is 5.32 Å². The van der Waals surface area contributed by atoms with Crippen LogP contribution in [0.1, 0.15) is 47.4 Å². The largest absolute Gasteiger partial charge is 0.504 e. The Morgan fingerprint density at radius 1 is 1.22 bits per heavy atom. The summed E-state index contributed by atoms with van der Waals surface area (Å²) in [6.45, 7) is 5.95. The Bertz CT molecular complexity index is 1330. The van der Waals surface area contributed by atoms with E-state index in [-0.39, 0.29) is 28.9 Å². The predicted molar refractivity (Wildman–Crippen MR) is 141 cm³/mol. The van der Waals surface area contributed by atoms with Gasteiger partial charge in [0.15, 0.2) is 17.3 Å². The first-order valence-corrected chi connectivity index (χ1v) is 12.8. The van der Waals surface area contributed by atoms with Crippen molar-refractivity contribution in [3.8, 4) is 17.6 Å². The van der Waals surface area contributed by atoms with Crippen molar-refractivity contribution >= 4 is 29.1 Å². The van der Waals surface area contributed by atoms with E-state index in [1.54, 1.807) is 12.1 Å². The molecule has 1 amide bonds. The SMILES string of the molecule is COc1cc([C@H]2C(C#N)=C(SCC(=O)Nc3c(C)cc(C)cc3C)NC3=C2C(=O)CCC3)ccc1O. The number of amides is 1. The van der Waals surface area contributed by atoms with Crippen LogP contribution in [0.25, 0.3) is 0 Å². The summed E-state index contributed by atoms with van der Waals surface area (Å²) in [4.78, 5) is 25.8. The number of nitrogens with zero attached hydrogens (tertiary/aromatic N) is 1. The normalized spacial score (nSPS) is 17.3. The molecular formula is C28H29N3O4S. The number of rotatable bonds is 6. The number of carbonyl (C=O) groups excluding carboxylic acids is 2. The van der Waals surface area contributed by atoms with Crippen LogP contribution in [0.4, 0.5) is 5.69 Å². The van der Waals surface area contributed by atoms with E-state index in [9.17, 15) is 20.0 Å².